The Kier molecular flexibility index (Phi) is 3.41. The van der Waals surface area contributed by atoms with Crippen LogP contribution in [0.25, 0.3) is 0 Å². The average molecular weight is 262 g/mol. The minimum absolute atomic E-state index is 0.0398. The van der Waals surface area contributed by atoms with Gasteiger partial charge in [0.25, 0.3) is 0 Å². The fourth-order valence-electron chi connectivity index (χ4n) is 1.45. The summed E-state index contributed by atoms with van der Waals surface area (Å²) in [5, 5.41) is 0.0398. The zero-order valence-corrected chi connectivity index (χ0v) is 10.1. The zero-order chi connectivity index (χ0) is 11.6. The van der Waals surface area contributed by atoms with Gasteiger partial charge in [0.2, 0.25) is 15.3 Å². The van der Waals surface area contributed by atoms with Gasteiger partial charge in [-0.25, -0.2) is 23.1 Å². The average Bonchev–Trinajstić information content (AvgIpc) is 2.15. The molecule has 1 fully saturated rings. The number of hydrogen-bond acceptors (Lipinski definition) is 4. The maximum Gasteiger partial charge on any atom is 0.243 e. The first-order valence-electron chi connectivity index (χ1n) is 5.05. The van der Waals surface area contributed by atoms with E-state index in [-0.39, 0.29) is 10.2 Å². The topological polar surface area (TPSA) is 72.0 Å². The summed E-state index contributed by atoms with van der Waals surface area (Å²) in [6.45, 7) is 0.491. The van der Waals surface area contributed by atoms with Crippen LogP contribution in [0.2, 0.25) is 5.28 Å². The molecule has 0 atom stereocenters. The lowest BCUT2D eigenvalue weighted by molar-refractivity contribution is 0.316. The number of aromatic nitrogens is 2. The predicted molar refractivity (Wildman–Crippen MR) is 59.6 cm³/mol. The smallest absolute Gasteiger partial charge is 0.225 e. The van der Waals surface area contributed by atoms with Gasteiger partial charge in [-0.05, 0) is 30.4 Å². The summed E-state index contributed by atoms with van der Waals surface area (Å²) in [5.74, 6) is 0.475. The third-order valence-electron chi connectivity index (χ3n) is 2.69. The van der Waals surface area contributed by atoms with Crippen LogP contribution < -0.4 is 4.72 Å². The molecule has 0 bridgehead atoms. The maximum absolute atomic E-state index is 11.8. The number of nitrogens with zero attached hydrogens (tertiary/aromatic N) is 2. The highest BCUT2D eigenvalue weighted by Crippen LogP contribution is 2.25. The molecule has 88 valence electrons. The van der Waals surface area contributed by atoms with Crippen LogP contribution in [-0.4, -0.2) is 24.9 Å². The molecule has 1 saturated carbocycles. The van der Waals surface area contributed by atoms with E-state index in [1.165, 1.54) is 18.8 Å². The minimum Gasteiger partial charge on any atom is -0.225 e. The summed E-state index contributed by atoms with van der Waals surface area (Å²) in [4.78, 5) is 7.34. The number of nitrogens with one attached hydrogen (secondary N) is 1. The largest absolute Gasteiger partial charge is 0.243 e. The second kappa shape index (κ2) is 4.65. The van der Waals surface area contributed by atoms with Gasteiger partial charge in [-0.15, -0.1) is 0 Å². The van der Waals surface area contributed by atoms with E-state index < -0.39 is 10.0 Å². The molecule has 7 heteroatoms. The monoisotopic (exact) mass is 261 g/mol. The number of sulfonamides is 1. The fourth-order valence-corrected chi connectivity index (χ4v) is 2.55. The summed E-state index contributed by atoms with van der Waals surface area (Å²) in [5.41, 5.74) is 0. The lowest BCUT2D eigenvalue weighted by atomic mass is 9.86. The lowest BCUT2D eigenvalue weighted by Gasteiger charge is -2.25. The Bertz CT molecular complexity index is 456. The Morgan fingerprint density at radius 3 is 2.50 bits per heavy atom. The Balaban J connectivity index is 2.02. The van der Waals surface area contributed by atoms with Crippen molar-refractivity contribution in [3.05, 3.63) is 17.7 Å². The first-order valence-corrected chi connectivity index (χ1v) is 6.91. The molecule has 0 aliphatic heterocycles. The molecule has 5 nitrogen and oxygen atoms in total. The molecule has 2 rings (SSSR count). The molecule has 0 aromatic carbocycles. The molecular formula is C9H12ClN3O2S. The summed E-state index contributed by atoms with van der Waals surface area (Å²) in [6.07, 6.45) is 5.80. The molecule has 1 heterocycles. The highest BCUT2D eigenvalue weighted by Gasteiger charge is 2.21. The van der Waals surface area contributed by atoms with E-state index in [9.17, 15) is 8.42 Å². The molecule has 0 radical (unpaired) electrons. The van der Waals surface area contributed by atoms with E-state index in [1.807, 2.05) is 0 Å². The number of rotatable bonds is 4. The molecule has 16 heavy (non-hydrogen) atoms. The van der Waals surface area contributed by atoms with Crippen molar-refractivity contribution in [2.75, 3.05) is 6.54 Å². The predicted octanol–water partition coefficient (Wildman–Crippen LogP) is 1.21. The minimum atomic E-state index is -3.48. The zero-order valence-electron chi connectivity index (χ0n) is 8.56. The molecule has 1 aliphatic carbocycles. The molecule has 0 spiro atoms. The van der Waals surface area contributed by atoms with Gasteiger partial charge in [-0.3, -0.25) is 0 Å². The van der Waals surface area contributed by atoms with E-state index in [1.54, 1.807) is 0 Å². The number of hydrogen-bond donors (Lipinski definition) is 1. The van der Waals surface area contributed by atoms with Crippen molar-refractivity contribution in [1.29, 1.82) is 0 Å². The van der Waals surface area contributed by atoms with Gasteiger partial charge in [-0.2, -0.15) is 0 Å². The lowest BCUT2D eigenvalue weighted by Crippen LogP contribution is -2.32. The second-order valence-electron chi connectivity index (χ2n) is 3.84. The third kappa shape index (κ3) is 2.69. The number of halogens is 1. The van der Waals surface area contributed by atoms with Gasteiger partial charge in [0.05, 0.1) is 12.4 Å². The van der Waals surface area contributed by atoms with Crippen LogP contribution in [-0.2, 0) is 10.0 Å². The van der Waals surface area contributed by atoms with Gasteiger partial charge in [0, 0.05) is 6.54 Å². The van der Waals surface area contributed by atoms with Crippen molar-refractivity contribution in [2.45, 2.75) is 24.2 Å². The summed E-state index contributed by atoms with van der Waals surface area (Å²) < 4.78 is 26.1. The molecule has 0 saturated heterocycles. The molecule has 0 unspecified atom stereocenters. The quantitative estimate of drug-likeness (QED) is 0.827. The third-order valence-corrected chi connectivity index (χ3v) is 4.27. The molecular weight excluding hydrogens is 250 g/mol. The Labute approximate surface area is 99.3 Å². The summed E-state index contributed by atoms with van der Waals surface area (Å²) in [6, 6.07) is 0. The molecule has 1 aliphatic rings. The van der Waals surface area contributed by atoms with Crippen molar-refractivity contribution >= 4 is 21.6 Å². The van der Waals surface area contributed by atoms with Crippen LogP contribution >= 0.6 is 11.6 Å². The van der Waals surface area contributed by atoms with Crippen molar-refractivity contribution < 1.29 is 8.42 Å². The van der Waals surface area contributed by atoms with Crippen LogP contribution in [0.3, 0.4) is 0 Å². The standard InChI is InChI=1S/C9H12ClN3O2S/c10-9-11-5-8(6-12-9)16(14,15)13-4-7-2-1-3-7/h5-7,13H,1-4H2. The van der Waals surface area contributed by atoms with Crippen LogP contribution in [0.15, 0.2) is 17.3 Å². The van der Waals surface area contributed by atoms with Crippen LogP contribution in [0.5, 0.6) is 0 Å². The van der Waals surface area contributed by atoms with Crippen LogP contribution in [0, 0.1) is 5.92 Å². The SMILES string of the molecule is O=S(=O)(NCC1CCC1)c1cnc(Cl)nc1. The van der Waals surface area contributed by atoms with Crippen molar-refractivity contribution in [3.8, 4) is 0 Å². The van der Waals surface area contributed by atoms with Crippen molar-refractivity contribution in [2.24, 2.45) is 5.92 Å². The molecule has 1 aromatic rings. The normalized spacial score (nSPS) is 17.1. The van der Waals surface area contributed by atoms with E-state index >= 15 is 0 Å². The van der Waals surface area contributed by atoms with Gasteiger partial charge >= 0.3 is 0 Å². The van der Waals surface area contributed by atoms with Crippen LogP contribution in [0.1, 0.15) is 19.3 Å². The van der Waals surface area contributed by atoms with Gasteiger partial charge in [0.1, 0.15) is 4.90 Å². The first-order chi connectivity index (χ1) is 7.58. The van der Waals surface area contributed by atoms with Crippen LogP contribution in [0.4, 0.5) is 0 Å². The Morgan fingerprint density at radius 1 is 1.38 bits per heavy atom. The second-order valence-corrected chi connectivity index (χ2v) is 5.94. The highest BCUT2D eigenvalue weighted by molar-refractivity contribution is 7.89. The van der Waals surface area contributed by atoms with Gasteiger partial charge in [-0.1, -0.05) is 6.42 Å². The van der Waals surface area contributed by atoms with E-state index in [0.29, 0.717) is 12.5 Å². The Hall–Kier alpha value is -0.720. The van der Waals surface area contributed by atoms with Gasteiger partial charge in [0.15, 0.2) is 0 Å². The van der Waals surface area contributed by atoms with E-state index in [2.05, 4.69) is 14.7 Å². The highest BCUT2D eigenvalue weighted by atomic mass is 35.5. The fraction of sp³-hybridized carbons (Fsp3) is 0.556. The maximum atomic E-state index is 11.8. The van der Waals surface area contributed by atoms with Gasteiger partial charge < -0.3 is 0 Å². The first kappa shape index (κ1) is 11.8. The van der Waals surface area contributed by atoms with Crippen molar-refractivity contribution in [1.82, 2.24) is 14.7 Å². The molecule has 1 N–H and O–H groups in total. The van der Waals surface area contributed by atoms with E-state index in [4.69, 9.17) is 11.6 Å². The summed E-state index contributed by atoms with van der Waals surface area (Å²) in [7, 11) is -3.48. The van der Waals surface area contributed by atoms with Crippen molar-refractivity contribution in [3.63, 3.8) is 0 Å². The molecule has 1 aromatic heterocycles. The Morgan fingerprint density at radius 2 is 2.00 bits per heavy atom. The summed E-state index contributed by atoms with van der Waals surface area (Å²) >= 11 is 5.48. The molecule has 0 amide bonds. The van der Waals surface area contributed by atoms with E-state index in [0.717, 1.165) is 12.8 Å².